The molecule has 0 spiro atoms. The molecule has 110 valence electrons. The van der Waals surface area contributed by atoms with Crippen LogP contribution >= 0.6 is 0 Å². The normalized spacial score (nSPS) is 17.6. The highest BCUT2D eigenvalue weighted by molar-refractivity contribution is 5.76. The maximum Gasteiger partial charge on any atom is 0.222 e. The third-order valence-corrected chi connectivity index (χ3v) is 3.53. The lowest BCUT2D eigenvalue weighted by Gasteiger charge is -2.23. The van der Waals surface area contributed by atoms with E-state index in [4.69, 9.17) is 4.74 Å². The first-order valence-corrected chi connectivity index (χ1v) is 7.27. The first-order valence-electron chi connectivity index (χ1n) is 7.27. The number of amides is 1. The average molecular weight is 277 g/mol. The van der Waals surface area contributed by atoms with Crippen molar-refractivity contribution >= 4 is 5.91 Å². The Morgan fingerprint density at radius 3 is 3.05 bits per heavy atom. The van der Waals surface area contributed by atoms with Gasteiger partial charge in [-0.15, -0.1) is 0 Å². The number of ether oxygens (including phenoxy) is 1. The van der Waals surface area contributed by atoms with Crippen LogP contribution in [-0.4, -0.2) is 36.7 Å². The Balaban J connectivity index is 1.65. The summed E-state index contributed by atoms with van der Waals surface area (Å²) >= 11 is 0. The molecular weight excluding hydrogens is 254 g/mol. The Labute approximate surface area is 120 Å². The summed E-state index contributed by atoms with van der Waals surface area (Å²) in [6.07, 6.45) is 6.29. The van der Waals surface area contributed by atoms with Crippen LogP contribution in [0.4, 0.5) is 0 Å². The molecule has 1 unspecified atom stereocenters. The van der Waals surface area contributed by atoms with Crippen molar-refractivity contribution in [1.82, 2.24) is 15.6 Å². The minimum atomic E-state index is -0.0184. The summed E-state index contributed by atoms with van der Waals surface area (Å²) in [5.41, 5.74) is 1.01. The van der Waals surface area contributed by atoms with Crippen LogP contribution in [0.25, 0.3) is 0 Å². The summed E-state index contributed by atoms with van der Waals surface area (Å²) < 4.78 is 5.73. The van der Waals surface area contributed by atoms with Crippen LogP contribution in [0.3, 0.4) is 0 Å². The van der Waals surface area contributed by atoms with Gasteiger partial charge >= 0.3 is 0 Å². The second kappa shape index (κ2) is 7.97. The standard InChI is InChI=1S/C15H23N3O2/c1-12(13-3-2-7-17-11-13)18-15(19)6-10-20-14-4-8-16-9-5-14/h2-3,7,11-12,14,16H,4-6,8-10H2,1H3,(H,18,19). The molecule has 2 N–H and O–H groups in total. The Morgan fingerprint density at radius 1 is 1.55 bits per heavy atom. The second-order valence-electron chi connectivity index (χ2n) is 5.15. The number of carbonyl (C=O) groups excluding carboxylic acids is 1. The van der Waals surface area contributed by atoms with Gasteiger partial charge in [-0.05, 0) is 44.5 Å². The van der Waals surface area contributed by atoms with E-state index in [1.165, 1.54) is 0 Å². The highest BCUT2D eigenvalue weighted by Crippen LogP contribution is 2.10. The fraction of sp³-hybridized carbons (Fsp3) is 0.600. The molecule has 5 nitrogen and oxygen atoms in total. The van der Waals surface area contributed by atoms with Crippen LogP contribution in [0.15, 0.2) is 24.5 Å². The summed E-state index contributed by atoms with van der Waals surface area (Å²) in [6.45, 7) is 4.47. The van der Waals surface area contributed by atoms with Crippen LogP contribution in [0.5, 0.6) is 0 Å². The number of nitrogens with one attached hydrogen (secondary N) is 2. The van der Waals surface area contributed by atoms with Crippen molar-refractivity contribution in [3.8, 4) is 0 Å². The van der Waals surface area contributed by atoms with Gasteiger partial charge in [0.2, 0.25) is 5.91 Å². The van der Waals surface area contributed by atoms with E-state index in [1.54, 1.807) is 12.4 Å². The molecule has 0 aliphatic carbocycles. The molecule has 0 aromatic carbocycles. The van der Waals surface area contributed by atoms with Gasteiger partial charge < -0.3 is 15.4 Å². The van der Waals surface area contributed by atoms with Crippen LogP contribution in [-0.2, 0) is 9.53 Å². The number of piperidine rings is 1. The van der Waals surface area contributed by atoms with Crippen LogP contribution in [0, 0.1) is 0 Å². The Hall–Kier alpha value is -1.46. The zero-order chi connectivity index (χ0) is 14.2. The molecule has 1 saturated heterocycles. The zero-order valence-electron chi connectivity index (χ0n) is 12.0. The first-order chi connectivity index (χ1) is 9.75. The largest absolute Gasteiger partial charge is 0.378 e. The quantitative estimate of drug-likeness (QED) is 0.825. The molecule has 0 radical (unpaired) electrons. The fourth-order valence-electron chi connectivity index (χ4n) is 2.31. The average Bonchev–Trinajstić information content (AvgIpc) is 2.49. The van der Waals surface area contributed by atoms with Gasteiger partial charge in [-0.25, -0.2) is 0 Å². The summed E-state index contributed by atoms with van der Waals surface area (Å²) in [7, 11) is 0. The van der Waals surface area contributed by atoms with Crippen molar-refractivity contribution in [2.45, 2.75) is 38.3 Å². The van der Waals surface area contributed by atoms with Gasteiger partial charge in [0.15, 0.2) is 0 Å². The van der Waals surface area contributed by atoms with Gasteiger partial charge in [-0.2, -0.15) is 0 Å². The number of hydrogen-bond donors (Lipinski definition) is 2. The molecule has 0 bridgehead atoms. The van der Waals surface area contributed by atoms with E-state index in [9.17, 15) is 4.79 Å². The van der Waals surface area contributed by atoms with E-state index in [-0.39, 0.29) is 11.9 Å². The van der Waals surface area contributed by atoms with Crippen molar-refractivity contribution in [2.75, 3.05) is 19.7 Å². The van der Waals surface area contributed by atoms with Gasteiger partial charge in [0.05, 0.1) is 18.8 Å². The van der Waals surface area contributed by atoms with Gasteiger partial charge in [-0.1, -0.05) is 6.07 Å². The number of pyridine rings is 1. The number of hydrogen-bond acceptors (Lipinski definition) is 4. The number of rotatable bonds is 6. The van der Waals surface area contributed by atoms with Gasteiger partial charge in [-0.3, -0.25) is 9.78 Å². The molecule has 2 rings (SSSR count). The summed E-state index contributed by atoms with van der Waals surface area (Å²) in [6, 6.07) is 3.82. The third-order valence-electron chi connectivity index (χ3n) is 3.53. The maximum absolute atomic E-state index is 11.8. The summed E-state index contributed by atoms with van der Waals surface area (Å²) in [5, 5.41) is 6.26. The predicted molar refractivity (Wildman–Crippen MR) is 77.3 cm³/mol. The molecule has 1 fully saturated rings. The molecule has 0 saturated carbocycles. The SMILES string of the molecule is CC(NC(=O)CCOC1CCNCC1)c1cccnc1. The van der Waals surface area contributed by atoms with Crippen molar-refractivity contribution < 1.29 is 9.53 Å². The van der Waals surface area contributed by atoms with Crippen molar-refractivity contribution in [3.63, 3.8) is 0 Å². The van der Waals surface area contributed by atoms with Gasteiger partial charge in [0.1, 0.15) is 0 Å². The molecule has 1 aromatic rings. The maximum atomic E-state index is 11.8. The van der Waals surface area contributed by atoms with Crippen LogP contribution < -0.4 is 10.6 Å². The summed E-state index contributed by atoms with van der Waals surface area (Å²) in [4.78, 5) is 15.9. The van der Waals surface area contributed by atoms with Crippen molar-refractivity contribution in [3.05, 3.63) is 30.1 Å². The lowest BCUT2D eigenvalue weighted by molar-refractivity contribution is -0.123. The highest BCUT2D eigenvalue weighted by Gasteiger charge is 2.14. The molecule has 1 amide bonds. The van der Waals surface area contributed by atoms with E-state index in [2.05, 4.69) is 15.6 Å². The topological polar surface area (TPSA) is 63.2 Å². The molecular formula is C15H23N3O2. The summed E-state index contributed by atoms with van der Waals surface area (Å²) in [5.74, 6) is 0.0234. The zero-order valence-corrected chi connectivity index (χ0v) is 12.0. The third kappa shape index (κ3) is 4.90. The number of carbonyl (C=O) groups is 1. The van der Waals surface area contributed by atoms with E-state index in [0.717, 1.165) is 31.5 Å². The van der Waals surface area contributed by atoms with E-state index < -0.39 is 0 Å². The van der Waals surface area contributed by atoms with E-state index in [1.807, 2.05) is 19.1 Å². The molecule has 1 aromatic heterocycles. The van der Waals surface area contributed by atoms with Crippen LogP contribution in [0.2, 0.25) is 0 Å². The monoisotopic (exact) mass is 277 g/mol. The minimum Gasteiger partial charge on any atom is -0.378 e. The molecule has 2 heterocycles. The molecule has 1 aliphatic rings. The van der Waals surface area contributed by atoms with Gasteiger partial charge in [0, 0.05) is 18.8 Å². The highest BCUT2D eigenvalue weighted by atomic mass is 16.5. The number of aromatic nitrogens is 1. The predicted octanol–water partition coefficient (Wildman–Crippen LogP) is 1.42. The van der Waals surface area contributed by atoms with Crippen LogP contribution in [0.1, 0.15) is 37.8 Å². The van der Waals surface area contributed by atoms with Crippen molar-refractivity contribution in [2.24, 2.45) is 0 Å². The van der Waals surface area contributed by atoms with Gasteiger partial charge in [0.25, 0.3) is 0 Å². The van der Waals surface area contributed by atoms with Crippen molar-refractivity contribution in [1.29, 1.82) is 0 Å². The smallest absolute Gasteiger partial charge is 0.222 e. The lowest BCUT2D eigenvalue weighted by atomic mass is 10.1. The Bertz CT molecular complexity index is 405. The molecule has 5 heteroatoms. The second-order valence-corrected chi connectivity index (χ2v) is 5.15. The lowest BCUT2D eigenvalue weighted by Crippen LogP contribution is -2.33. The van der Waals surface area contributed by atoms with E-state index in [0.29, 0.717) is 19.1 Å². The molecule has 1 aliphatic heterocycles. The minimum absolute atomic E-state index is 0.0184. The molecule has 1 atom stereocenters. The van der Waals surface area contributed by atoms with E-state index >= 15 is 0 Å². The first kappa shape index (κ1) is 14.9. The molecule has 20 heavy (non-hydrogen) atoms. The fourth-order valence-corrected chi connectivity index (χ4v) is 2.31. The Morgan fingerprint density at radius 2 is 2.35 bits per heavy atom. The Kier molecular flexibility index (Phi) is 5.95. The number of nitrogens with zero attached hydrogens (tertiary/aromatic N) is 1.